The number of aromatic nitrogens is 1. The maximum Gasteiger partial charge on any atom is 0.410 e. The zero-order valence-corrected chi connectivity index (χ0v) is 16.0. The summed E-state index contributed by atoms with van der Waals surface area (Å²) in [7, 11) is 0. The number of benzene rings is 1. The second-order valence-electron chi connectivity index (χ2n) is 7.30. The van der Waals surface area contributed by atoms with E-state index in [-0.39, 0.29) is 18.7 Å². The molecule has 2 aromatic rings. The van der Waals surface area contributed by atoms with Crippen LogP contribution in [0.2, 0.25) is 0 Å². The molecule has 5 heteroatoms. The van der Waals surface area contributed by atoms with Crippen molar-refractivity contribution in [3.8, 4) is 0 Å². The van der Waals surface area contributed by atoms with Crippen LogP contribution in [0.5, 0.6) is 0 Å². The number of amides is 1. The van der Waals surface area contributed by atoms with E-state index in [2.05, 4.69) is 4.98 Å². The predicted molar refractivity (Wildman–Crippen MR) is 102 cm³/mol. The Labute approximate surface area is 155 Å². The molecular formula is C21H28N2O3. The summed E-state index contributed by atoms with van der Waals surface area (Å²) >= 11 is 0. The first-order valence-corrected chi connectivity index (χ1v) is 8.90. The van der Waals surface area contributed by atoms with Gasteiger partial charge in [-0.05, 0) is 51.8 Å². The van der Waals surface area contributed by atoms with Gasteiger partial charge in [0, 0.05) is 6.54 Å². The average molecular weight is 356 g/mol. The molecular weight excluding hydrogens is 328 g/mol. The molecule has 1 atom stereocenters. The van der Waals surface area contributed by atoms with Crippen molar-refractivity contribution < 1.29 is 14.6 Å². The van der Waals surface area contributed by atoms with Gasteiger partial charge in [0.15, 0.2) is 0 Å². The molecule has 1 unspecified atom stereocenters. The fourth-order valence-corrected chi connectivity index (χ4v) is 2.64. The zero-order valence-electron chi connectivity index (χ0n) is 16.0. The van der Waals surface area contributed by atoms with Crippen molar-refractivity contribution in [2.24, 2.45) is 0 Å². The fraction of sp³-hybridized carbons (Fsp3) is 0.429. The zero-order chi connectivity index (χ0) is 19.2. The number of carbonyl (C=O) groups excluding carboxylic acids is 1. The van der Waals surface area contributed by atoms with E-state index in [4.69, 9.17) is 4.74 Å². The van der Waals surface area contributed by atoms with E-state index >= 15 is 0 Å². The Balaban J connectivity index is 2.21. The number of nitrogens with zero attached hydrogens (tertiary/aromatic N) is 2. The lowest BCUT2D eigenvalue weighted by atomic mass is 10.1. The van der Waals surface area contributed by atoms with Crippen molar-refractivity contribution in [2.75, 3.05) is 6.54 Å². The van der Waals surface area contributed by atoms with Gasteiger partial charge in [0.25, 0.3) is 0 Å². The third-order valence-corrected chi connectivity index (χ3v) is 4.00. The number of ether oxygens (including phenoxy) is 1. The molecule has 0 saturated carbocycles. The van der Waals surface area contributed by atoms with Crippen LogP contribution in [0.3, 0.4) is 0 Å². The van der Waals surface area contributed by atoms with Crippen molar-refractivity contribution in [2.45, 2.75) is 52.4 Å². The first-order chi connectivity index (χ1) is 12.3. The molecule has 1 aromatic heterocycles. The highest BCUT2D eigenvalue weighted by Crippen LogP contribution is 2.22. The molecule has 0 radical (unpaired) electrons. The van der Waals surface area contributed by atoms with Crippen LogP contribution >= 0.6 is 0 Å². The SMILES string of the molecule is CC(c1cccc(CO)n1)N(CCc1ccccc1)C(=O)OC(C)(C)C. The largest absolute Gasteiger partial charge is 0.444 e. The van der Waals surface area contributed by atoms with Gasteiger partial charge in [-0.25, -0.2) is 4.79 Å². The smallest absolute Gasteiger partial charge is 0.410 e. The molecule has 140 valence electrons. The van der Waals surface area contributed by atoms with Crippen LogP contribution in [0.25, 0.3) is 0 Å². The second kappa shape index (κ2) is 8.81. The Morgan fingerprint density at radius 2 is 1.85 bits per heavy atom. The van der Waals surface area contributed by atoms with Gasteiger partial charge in [-0.15, -0.1) is 0 Å². The Morgan fingerprint density at radius 3 is 2.46 bits per heavy atom. The van der Waals surface area contributed by atoms with Gasteiger partial charge < -0.3 is 9.84 Å². The van der Waals surface area contributed by atoms with Crippen molar-refractivity contribution in [1.29, 1.82) is 0 Å². The monoisotopic (exact) mass is 356 g/mol. The fourth-order valence-electron chi connectivity index (χ4n) is 2.64. The summed E-state index contributed by atoms with van der Waals surface area (Å²) in [4.78, 5) is 18.9. The molecule has 0 aliphatic rings. The molecule has 2 rings (SSSR count). The summed E-state index contributed by atoms with van der Waals surface area (Å²) in [5, 5.41) is 9.33. The minimum atomic E-state index is -0.567. The summed E-state index contributed by atoms with van der Waals surface area (Å²) in [6.07, 6.45) is 0.363. The normalized spacial score (nSPS) is 12.5. The molecule has 0 aliphatic heterocycles. The van der Waals surface area contributed by atoms with E-state index < -0.39 is 5.60 Å². The summed E-state index contributed by atoms with van der Waals surface area (Å²) in [6, 6.07) is 15.2. The van der Waals surface area contributed by atoms with E-state index in [1.54, 1.807) is 11.0 Å². The van der Waals surface area contributed by atoms with Gasteiger partial charge in [-0.1, -0.05) is 36.4 Å². The maximum atomic E-state index is 12.8. The number of pyridine rings is 1. The minimum Gasteiger partial charge on any atom is -0.444 e. The Bertz CT molecular complexity index is 711. The van der Waals surface area contributed by atoms with E-state index in [9.17, 15) is 9.90 Å². The van der Waals surface area contributed by atoms with Gasteiger partial charge >= 0.3 is 6.09 Å². The number of aliphatic hydroxyl groups is 1. The molecule has 0 spiro atoms. The molecule has 26 heavy (non-hydrogen) atoms. The topological polar surface area (TPSA) is 62.7 Å². The van der Waals surface area contributed by atoms with Gasteiger partial charge in [0.1, 0.15) is 5.60 Å². The van der Waals surface area contributed by atoms with Crippen LogP contribution in [-0.4, -0.2) is 33.2 Å². The van der Waals surface area contributed by atoms with Crippen LogP contribution in [0.4, 0.5) is 4.79 Å². The van der Waals surface area contributed by atoms with E-state index in [0.29, 0.717) is 12.2 Å². The molecule has 0 saturated heterocycles. The number of hydrogen-bond acceptors (Lipinski definition) is 4. The van der Waals surface area contributed by atoms with Crippen molar-refractivity contribution in [3.05, 3.63) is 65.5 Å². The standard InChI is InChI=1S/C21H28N2O3/c1-16(19-12-8-11-18(15-24)22-19)23(20(25)26-21(2,3)4)14-13-17-9-6-5-7-10-17/h5-12,16,24H,13-15H2,1-4H3. The summed E-state index contributed by atoms with van der Waals surface area (Å²) in [5.74, 6) is 0. The van der Waals surface area contributed by atoms with Gasteiger partial charge in [-0.3, -0.25) is 9.88 Å². The number of hydrogen-bond donors (Lipinski definition) is 1. The molecule has 1 heterocycles. The number of rotatable bonds is 6. The number of carbonyl (C=O) groups is 1. The van der Waals surface area contributed by atoms with Crippen LogP contribution in [-0.2, 0) is 17.8 Å². The molecule has 1 amide bonds. The van der Waals surface area contributed by atoms with E-state index in [0.717, 1.165) is 17.7 Å². The lowest BCUT2D eigenvalue weighted by Gasteiger charge is -2.31. The minimum absolute atomic E-state index is 0.128. The molecule has 0 aliphatic carbocycles. The van der Waals surface area contributed by atoms with Crippen LogP contribution in [0.15, 0.2) is 48.5 Å². The lowest BCUT2D eigenvalue weighted by molar-refractivity contribution is 0.0172. The highest BCUT2D eigenvalue weighted by Gasteiger charge is 2.27. The highest BCUT2D eigenvalue weighted by molar-refractivity contribution is 5.68. The third kappa shape index (κ3) is 5.85. The molecule has 1 N–H and O–H groups in total. The van der Waals surface area contributed by atoms with Crippen molar-refractivity contribution in [3.63, 3.8) is 0 Å². The third-order valence-electron chi connectivity index (χ3n) is 4.00. The molecule has 0 bridgehead atoms. The van der Waals surface area contributed by atoms with E-state index in [1.807, 2.05) is 70.2 Å². The Hall–Kier alpha value is -2.40. The lowest BCUT2D eigenvalue weighted by Crippen LogP contribution is -2.40. The van der Waals surface area contributed by atoms with Gasteiger partial charge in [0.2, 0.25) is 0 Å². The molecule has 5 nitrogen and oxygen atoms in total. The van der Waals surface area contributed by atoms with Gasteiger partial charge in [-0.2, -0.15) is 0 Å². The Morgan fingerprint density at radius 1 is 1.15 bits per heavy atom. The number of aliphatic hydroxyl groups excluding tert-OH is 1. The molecule has 1 aromatic carbocycles. The first kappa shape index (κ1) is 19.9. The quantitative estimate of drug-likeness (QED) is 0.846. The van der Waals surface area contributed by atoms with Crippen LogP contribution in [0, 0.1) is 0 Å². The van der Waals surface area contributed by atoms with Crippen molar-refractivity contribution in [1.82, 2.24) is 9.88 Å². The first-order valence-electron chi connectivity index (χ1n) is 8.90. The van der Waals surface area contributed by atoms with E-state index in [1.165, 1.54) is 0 Å². The summed E-state index contributed by atoms with van der Waals surface area (Å²) in [6.45, 7) is 7.89. The maximum absolute atomic E-state index is 12.8. The molecule has 0 fully saturated rings. The van der Waals surface area contributed by atoms with Crippen molar-refractivity contribution >= 4 is 6.09 Å². The Kier molecular flexibility index (Phi) is 6.75. The second-order valence-corrected chi connectivity index (χ2v) is 7.30. The average Bonchev–Trinajstić information content (AvgIpc) is 2.61. The summed E-state index contributed by atoms with van der Waals surface area (Å²) in [5.41, 5.74) is 1.91. The summed E-state index contributed by atoms with van der Waals surface area (Å²) < 4.78 is 5.60. The van der Waals surface area contributed by atoms with Crippen LogP contribution < -0.4 is 0 Å². The highest BCUT2D eigenvalue weighted by atomic mass is 16.6. The van der Waals surface area contributed by atoms with Crippen LogP contribution in [0.1, 0.15) is 50.7 Å². The predicted octanol–water partition coefficient (Wildman–Crippen LogP) is 4.11. The van der Waals surface area contributed by atoms with Gasteiger partial charge in [0.05, 0.1) is 24.0 Å².